The first-order valence-corrected chi connectivity index (χ1v) is 10.1. The first-order chi connectivity index (χ1) is 13.6. The summed E-state index contributed by atoms with van der Waals surface area (Å²) < 4.78 is 12.5. The molecule has 0 spiro atoms. The number of hydrogen-bond donors (Lipinski definition) is 1. The second-order valence-corrected chi connectivity index (χ2v) is 7.78. The molecule has 8 nitrogen and oxygen atoms in total. The van der Waals surface area contributed by atoms with Crippen LogP contribution in [0.4, 0.5) is 5.69 Å². The molecule has 1 aliphatic heterocycles. The molecule has 0 radical (unpaired) electrons. The first kappa shape index (κ1) is 20.5. The summed E-state index contributed by atoms with van der Waals surface area (Å²) in [5, 5.41) is 12.5. The number of aromatic nitrogens is 4. The normalized spacial score (nSPS) is 16.5. The van der Waals surface area contributed by atoms with Crippen LogP contribution < -0.4 is 14.5 Å². The number of anilines is 1. The number of benzene rings is 1. The average Bonchev–Trinajstić information content (AvgIpc) is 3.18. The fourth-order valence-corrected chi connectivity index (χ4v) is 3.93. The predicted molar refractivity (Wildman–Crippen MR) is 108 cm³/mol. The van der Waals surface area contributed by atoms with Crippen molar-refractivity contribution in [3.8, 4) is 5.75 Å². The van der Waals surface area contributed by atoms with Gasteiger partial charge in [-0.15, -0.1) is 5.10 Å². The topological polar surface area (TPSA) is 69.7 Å². The van der Waals surface area contributed by atoms with E-state index in [-0.39, 0.29) is 0 Å². The second-order valence-electron chi connectivity index (χ2n) is 7.78. The van der Waals surface area contributed by atoms with Crippen LogP contribution in [0.25, 0.3) is 0 Å². The quantitative estimate of drug-likeness (QED) is 0.685. The fraction of sp³-hybridized carbons (Fsp3) is 0.650. The van der Waals surface area contributed by atoms with E-state index in [0.717, 1.165) is 44.2 Å². The summed E-state index contributed by atoms with van der Waals surface area (Å²) in [7, 11) is 3.42. The number of nitrogens with zero attached hydrogens (tertiary/aromatic N) is 5. The van der Waals surface area contributed by atoms with Crippen LogP contribution in [0.5, 0.6) is 5.75 Å². The molecule has 0 bridgehead atoms. The molecule has 0 saturated carbocycles. The van der Waals surface area contributed by atoms with Crippen molar-refractivity contribution < 1.29 is 14.4 Å². The third kappa shape index (κ3) is 4.99. The maximum atomic E-state index is 5.38. The van der Waals surface area contributed by atoms with E-state index in [0.29, 0.717) is 25.1 Å². The minimum atomic E-state index is 0.305. The Labute approximate surface area is 167 Å². The van der Waals surface area contributed by atoms with Crippen molar-refractivity contribution in [2.24, 2.45) is 5.92 Å². The lowest BCUT2D eigenvalue weighted by molar-refractivity contribution is -0.934. The monoisotopic (exact) mass is 389 g/mol. The number of nitrogens with one attached hydrogen (secondary N) is 1. The number of methoxy groups -OCH3 is 2. The molecule has 0 unspecified atom stereocenters. The zero-order valence-corrected chi connectivity index (χ0v) is 17.5. The molecule has 1 atom stereocenters. The zero-order chi connectivity index (χ0) is 19.9. The van der Waals surface area contributed by atoms with E-state index in [1.165, 1.54) is 5.69 Å². The van der Waals surface area contributed by atoms with Crippen molar-refractivity contribution in [2.45, 2.75) is 32.9 Å². The number of quaternary nitrogens is 1. The van der Waals surface area contributed by atoms with Crippen molar-refractivity contribution in [3.05, 3.63) is 30.1 Å². The van der Waals surface area contributed by atoms with Crippen LogP contribution >= 0.6 is 0 Å². The first-order valence-electron chi connectivity index (χ1n) is 10.1. The summed E-state index contributed by atoms with van der Waals surface area (Å²) in [6, 6.07) is 8.62. The maximum absolute atomic E-state index is 5.38. The van der Waals surface area contributed by atoms with Gasteiger partial charge in [0.1, 0.15) is 11.8 Å². The minimum Gasteiger partial charge on any atom is -0.497 e. The molecule has 0 amide bonds. The van der Waals surface area contributed by atoms with Crippen molar-refractivity contribution in [1.29, 1.82) is 0 Å². The molecule has 1 aromatic heterocycles. The summed E-state index contributed by atoms with van der Waals surface area (Å²) in [6.07, 6.45) is 1.07. The summed E-state index contributed by atoms with van der Waals surface area (Å²) in [5.74, 6) is 2.47. The number of piperazine rings is 1. The second kappa shape index (κ2) is 9.84. The van der Waals surface area contributed by atoms with Gasteiger partial charge in [-0.3, -0.25) is 0 Å². The number of hydrogen-bond acceptors (Lipinski definition) is 6. The molecular formula is C20H33N6O2+. The Hall–Kier alpha value is -2.19. The number of rotatable bonds is 9. The molecule has 3 rings (SSSR count). The highest BCUT2D eigenvalue weighted by Crippen LogP contribution is 2.22. The minimum absolute atomic E-state index is 0.305. The molecule has 1 saturated heterocycles. The SMILES string of the molecule is COCCn1nnnc1[C@@H](CC(C)C)[NH+]1CCN(c2cccc(OC)c2)CC1. The molecule has 1 aromatic carbocycles. The van der Waals surface area contributed by atoms with Gasteiger partial charge in [0.2, 0.25) is 5.82 Å². The van der Waals surface area contributed by atoms with Crippen molar-refractivity contribution in [2.75, 3.05) is 51.9 Å². The van der Waals surface area contributed by atoms with E-state index < -0.39 is 0 Å². The Morgan fingerprint density at radius 2 is 1.96 bits per heavy atom. The third-order valence-corrected chi connectivity index (χ3v) is 5.40. The smallest absolute Gasteiger partial charge is 0.209 e. The highest BCUT2D eigenvalue weighted by atomic mass is 16.5. The van der Waals surface area contributed by atoms with Gasteiger partial charge in [-0.1, -0.05) is 19.9 Å². The Morgan fingerprint density at radius 1 is 1.18 bits per heavy atom. The van der Waals surface area contributed by atoms with Crippen LogP contribution in [0.15, 0.2) is 24.3 Å². The van der Waals surface area contributed by atoms with Gasteiger partial charge in [-0.05, 0) is 28.5 Å². The van der Waals surface area contributed by atoms with Gasteiger partial charge >= 0.3 is 0 Å². The van der Waals surface area contributed by atoms with E-state index in [9.17, 15) is 0 Å². The number of tetrazole rings is 1. The summed E-state index contributed by atoms with van der Waals surface area (Å²) in [5.41, 5.74) is 1.23. The van der Waals surface area contributed by atoms with Gasteiger partial charge in [-0.25, -0.2) is 4.68 Å². The molecule has 154 valence electrons. The van der Waals surface area contributed by atoms with Crippen LogP contribution in [0, 0.1) is 5.92 Å². The van der Waals surface area contributed by atoms with Gasteiger partial charge < -0.3 is 19.3 Å². The lowest BCUT2D eigenvalue weighted by Crippen LogP contribution is -3.15. The van der Waals surface area contributed by atoms with Crippen molar-refractivity contribution in [3.63, 3.8) is 0 Å². The lowest BCUT2D eigenvalue weighted by atomic mass is 10.0. The van der Waals surface area contributed by atoms with Crippen molar-refractivity contribution in [1.82, 2.24) is 20.2 Å². The standard InChI is InChI=1S/C20H32N6O2/c1-16(2)14-19(20-21-22-23-26(20)12-13-27-3)25-10-8-24(9-11-25)17-6-5-7-18(15-17)28-4/h5-7,15-16,19H,8-14H2,1-4H3/p+1/t19-/m1/s1. The van der Waals surface area contributed by atoms with E-state index in [1.807, 2.05) is 10.7 Å². The maximum Gasteiger partial charge on any atom is 0.209 e. The summed E-state index contributed by atoms with van der Waals surface area (Å²) in [4.78, 5) is 3.99. The van der Waals surface area contributed by atoms with Crippen LogP contribution in [0.3, 0.4) is 0 Å². The Balaban J connectivity index is 1.70. The third-order valence-electron chi connectivity index (χ3n) is 5.40. The highest BCUT2D eigenvalue weighted by Gasteiger charge is 2.33. The van der Waals surface area contributed by atoms with Gasteiger partial charge in [-0.2, -0.15) is 0 Å². The fourth-order valence-electron chi connectivity index (χ4n) is 3.93. The van der Waals surface area contributed by atoms with Crippen LogP contribution in [-0.4, -0.2) is 67.2 Å². The van der Waals surface area contributed by atoms with Crippen LogP contribution in [0.1, 0.15) is 32.1 Å². The molecule has 1 N–H and O–H groups in total. The van der Waals surface area contributed by atoms with E-state index in [1.54, 1.807) is 19.1 Å². The molecular weight excluding hydrogens is 356 g/mol. The molecule has 2 heterocycles. The highest BCUT2D eigenvalue weighted by molar-refractivity contribution is 5.50. The molecule has 0 aliphatic carbocycles. The van der Waals surface area contributed by atoms with Gasteiger partial charge in [0, 0.05) is 25.3 Å². The molecule has 1 fully saturated rings. The Bertz CT molecular complexity index is 727. The van der Waals surface area contributed by atoms with Gasteiger partial charge in [0.25, 0.3) is 0 Å². The van der Waals surface area contributed by atoms with E-state index in [2.05, 4.69) is 52.5 Å². The summed E-state index contributed by atoms with van der Waals surface area (Å²) in [6.45, 7) is 9.98. The van der Waals surface area contributed by atoms with E-state index >= 15 is 0 Å². The summed E-state index contributed by atoms with van der Waals surface area (Å²) >= 11 is 0. The largest absolute Gasteiger partial charge is 0.497 e. The average molecular weight is 390 g/mol. The molecule has 28 heavy (non-hydrogen) atoms. The van der Waals surface area contributed by atoms with Crippen LogP contribution in [0.2, 0.25) is 0 Å². The number of ether oxygens (including phenoxy) is 2. The van der Waals surface area contributed by atoms with E-state index in [4.69, 9.17) is 9.47 Å². The lowest BCUT2D eigenvalue weighted by Gasteiger charge is -2.37. The molecule has 1 aliphatic rings. The zero-order valence-electron chi connectivity index (χ0n) is 17.5. The Kier molecular flexibility index (Phi) is 7.22. The molecule has 8 heteroatoms. The Morgan fingerprint density at radius 3 is 2.64 bits per heavy atom. The van der Waals surface area contributed by atoms with Crippen LogP contribution in [-0.2, 0) is 11.3 Å². The molecule has 2 aromatic rings. The van der Waals surface area contributed by atoms with Gasteiger partial charge in [0.05, 0.1) is 46.4 Å². The predicted octanol–water partition coefficient (Wildman–Crippen LogP) is 0.820. The van der Waals surface area contributed by atoms with Crippen molar-refractivity contribution >= 4 is 5.69 Å². The van der Waals surface area contributed by atoms with Gasteiger partial charge in [0.15, 0.2) is 0 Å².